The minimum absolute atomic E-state index is 0.268. The molecule has 1 N–H and O–H groups in total. The number of aromatic nitrogens is 2. The first-order valence-electron chi connectivity index (χ1n) is 6.15. The Kier molecular flexibility index (Phi) is 3.14. The zero-order chi connectivity index (χ0) is 15.2. The Labute approximate surface area is 116 Å². The number of benzene rings is 1. The highest BCUT2D eigenvalue weighted by Gasteiger charge is 2.33. The molecule has 2 heterocycles. The number of halogens is 3. The van der Waals surface area contributed by atoms with Crippen molar-refractivity contribution in [3.8, 4) is 5.69 Å². The third-order valence-electron chi connectivity index (χ3n) is 3.08. The average molecular weight is 300 g/mol. The normalized spacial score (nSPS) is 22.1. The molecule has 0 radical (unpaired) electrons. The minimum atomic E-state index is -4.59. The van der Waals surface area contributed by atoms with Gasteiger partial charge >= 0.3 is 6.18 Å². The Morgan fingerprint density at radius 2 is 1.81 bits per heavy atom. The Hall–Kier alpha value is -2.06. The van der Waals surface area contributed by atoms with Crippen molar-refractivity contribution in [2.75, 3.05) is 0 Å². The van der Waals surface area contributed by atoms with E-state index in [1.807, 2.05) is 5.10 Å². The second kappa shape index (κ2) is 4.74. The summed E-state index contributed by atoms with van der Waals surface area (Å²) in [5.41, 5.74) is -0.838. The molecule has 0 saturated carbocycles. The van der Waals surface area contributed by atoms with Gasteiger partial charge in [-0.3, -0.25) is 9.89 Å². The molecule has 1 saturated heterocycles. The van der Waals surface area contributed by atoms with Crippen LogP contribution in [0.5, 0.6) is 0 Å². The van der Waals surface area contributed by atoms with Crippen LogP contribution in [0, 0.1) is 0 Å². The van der Waals surface area contributed by atoms with E-state index in [1.165, 1.54) is 12.1 Å². The molecule has 0 bridgehead atoms. The fourth-order valence-electron chi connectivity index (χ4n) is 2.03. The van der Waals surface area contributed by atoms with Crippen LogP contribution >= 0.6 is 0 Å². The van der Waals surface area contributed by atoms with Crippen molar-refractivity contribution in [2.24, 2.45) is 0 Å². The molecule has 1 aliphatic heterocycles. The Bertz CT molecular complexity index is 697. The van der Waals surface area contributed by atoms with Gasteiger partial charge in [0.2, 0.25) is 0 Å². The van der Waals surface area contributed by atoms with Crippen LogP contribution < -0.4 is 5.56 Å². The standard InChI is InChI=1S/C13H11F3N2O3/c1-7-20-12(21-7)8-2-4-9(5-3-8)18-11(19)6-10(17-18)13(14,15)16/h2-7,12,17H,1H3. The highest BCUT2D eigenvalue weighted by molar-refractivity contribution is 5.35. The molecule has 0 unspecified atom stereocenters. The maximum Gasteiger partial charge on any atom is 0.432 e. The number of rotatable bonds is 2. The summed E-state index contributed by atoms with van der Waals surface area (Å²) in [6, 6.07) is 6.82. The van der Waals surface area contributed by atoms with Crippen LogP contribution in [0.3, 0.4) is 0 Å². The zero-order valence-corrected chi connectivity index (χ0v) is 10.8. The van der Waals surface area contributed by atoms with Gasteiger partial charge in [-0.2, -0.15) is 13.2 Å². The summed E-state index contributed by atoms with van der Waals surface area (Å²) in [5, 5.41) is 2.04. The highest BCUT2D eigenvalue weighted by atomic mass is 19.4. The van der Waals surface area contributed by atoms with E-state index in [2.05, 4.69) is 0 Å². The summed E-state index contributed by atoms with van der Waals surface area (Å²) in [4.78, 5) is 11.6. The van der Waals surface area contributed by atoms with Gasteiger partial charge in [0.15, 0.2) is 12.6 Å². The van der Waals surface area contributed by atoms with Crippen LogP contribution in [0.1, 0.15) is 24.5 Å². The molecule has 112 valence electrons. The molecule has 1 aliphatic rings. The quantitative estimate of drug-likeness (QED) is 0.927. The third kappa shape index (κ3) is 2.59. The van der Waals surface area contributed by atoms with E-state index < -0.39 is 23.7 Å². The third-order valence-corrected chi connectivity index (χ3v) is 3.08. The number of aromatic amines is 1. The lowest BCUT2D eigenvalue weighted by molar-refractivity contribution is -0.382. The fraction of sp³-hybridized carbons (Fsp3) is 0.308. The van der Waals surface area contributed by atoms with Gasteiger partial charge in [0.25, 0.3) is 5.56 Å². The second-order valence-electron chi connectivity index (χ2n) is 4.60. The van der Waals surface area contributed by atoms with E-state index in [9.17, 15) is 18.0 Å². The van der Waals surface area contributed by atoms with Crippen LogP contribution in [0.15, 0.2) is 35.1 Å². The van der Waals surface area contributed by atoms with Gasteiger partial charge < -0.3 is 9.47 Å². The van der Waals surface area contributed by atoms with Gasteiger partial charge in [-0.1, -0.05) is 12.1 Å². The summed E-state index contributed by atoms with van der Waals surface area (Å²) in [5.74, 6) is 0. The van der Waals surface area contributed by atoms with Gasteiger partial charge in [0.1, 0.15) is 5.69 Å². The van der Waals surface area contributed by atoms with Crippen molar-refractivity contribution in [3.63, 3.8) is 0 Å². The van der Waals surface area contributed by atoms with Gasteiger partial charge in [-0.15, -0.1) is 0 Å². The predicted octanol–water partition coefficient (Wildman–Crippen LogP) is 2.58. The molecule has 2 aromatic rings. The number of H-pyrrole nitrogens is 1. The van der Waals surface area contributed by atoms with Crippen LogP contribution in [-0.4, -0.2) is 16.1 Å². The SMILES string of the molecule is CC1OC(c2ccc(-n3[nH]c(C(F)(F)F)cc3=O)cc2)O1. The number of hydrogen-bond acceptors (Lipinski definition) is 3. The minimum Gasteiger partial charge on any atom is -0.320 e. The van der Waals surface area contributed by atoms with Crippen molar-refractivity contribution in [2.45, 2.75) is 25.7 Å². The van der Waals surface area contributed by atoms with E-state index in [4.69, 9.17) is 9.47 Å². The number of hydrogen-bond donors (Lipinski definition) is 1. The van der Waals surface area contributed by atoms with E-state index >= 15 is 0 Å². The monoisotopic (exact) mass is 300 g/mol. The molecule has 0 spiro atoms. The van der Waals surface area contributed by atoms with Gasteiger partial charge in [-0.25, -0.2) is 4.68 Å². The van der Waals surface area contributed by atoms with Crippen molar-refractivity contribution < 1.29 is 22.6 Å². The number of nitrogens with zero attached hydrogens (tertiary/aromatic N) is 1. The van der Waals surface area contributed by atoms with Crippen molar-refractivity contribution in [1.29, 1.82) is 0 Å². The van der Waals surface area contributed by atoms with Crippen molar-refractivity contribution >= 4 is 0 Å². The molecule has 8 heteroatoms. The highest BCUT2D eigenvalue weighted by Crippen LogP contribution is 2.31. The zero-order valence-electron chi connectivity index (χ0n) is 10.8. The Morgan fingerprint density at radius 1 is 1.19 bits per heavy atom. The molecule has 21 heavy (non-hydrogen) atoms. The molecule has 3 rings (SSSR count). The Morgan fingerprint density at radius 3 is 2.29 bits per heavy atom. The molecular formula is C13H11F3N2O3. The molecular weight excluding hydrogens is 289 g/mol. The summed E-state index contributed by atoms with van der Waals surface area (Å²) < 4.78 is 49.0. The number of nitrogens with one attached hydrogen (secondary N) is 1. The molecule has 0 aliphatic carbocycles. The van der Waals surface area contributed by atoms with E-state index in [0.29, 0.717) is 11.8 Å². The number of ether oxygens (including phenoxy) is 2. The Balaban J connectivity index is 1.87. The topological polar surface area (TPSA) is 56.2 Å². The van der Waals surface area contributed by atoms with Crippen LogP contribution in [-0.2, 0) is 15.7 Å². The smallest absolute Gasteiger partial charge is 0.320 e. The van der Waals surface area contributed by atoms with Crippen LogP contribution in [0.2, 0.25) is 0 Å². The summed E-state index contributed by atoms with van der Waals surface area (Å²) in [7, 11) is 0. The molecule has 0 atom stereocenters. The lowest BCUT2D eigenvalue weighted by Crippen LogP contribution is -2.31. The molecule has 5 nitrogen and oxygen atoms in total. The first-order chi connectivity index (χ1) is 9.84. The first-order valence-corrected chi connectivity index (χ1v) is 6.15. The van der Waals surface area contributed by atoms with Crippen molar-refractivity contribution in [1.82, 2.24) is 9.78 Å². The predicted molar refractivity (Wildman–Crippen MR) is 65.8 cm³/mol. The van der Waals surface area contributed by atoms with Crippen molar-refractivity contribution in [3.05, 3.63) is 51.9 Å². The maximum atomic E-state index is 12.5. The van der Waals surface area contributed by atoms with E-state index in [0.717, 1.165) is 10.2 Å². The fourth-order valence-corrected chi connectivity index (χ4v) is 2.03. The van der Waals surface area contributed by atoms with E-state index in [1.54, 1.807) is 19.1 Å². The second-order valence-corrected chi connectivity index (χ2v) is 4.60. The summed E-state index contributed by atoms with van der Waals surface area (Å²) in [6.45, 7) is 1.75. The lowest BCUT2D eigenvalue weighted by Gasteiger charge is -2.33. The van der Waals surface area contributed by atoms with Gasteiger partial charge in [0, 0.05) is 11.6 Å². The summed E-state index contributed by atoms with van der Waals surface area (Å²) in [6.07, 6.45) is -5.33. The first kappa shape index (κ1) is 13.9. The number of alkyl halides is 3. The molecule has 1 aromatic carbocycles. The van der Waals surface area contributed by atoms with Crippen LogP contribution in [0.4, 0.5) is 13.2 Å². The van der Waals surface area contributed by atoms with E-state index in [-0.39, 0.29) is 6.29 Å². The summed E-state index contributed by atoms with van der Waals surface area (Å²) >= 11 is 0. The largest absolute Gasteiger partial charge is 0.432 e. The lowest BCUT2D eigenvalue weighted by atomic mass is 10.2. The molecule has 1 aromatic heterocycles. The van der Waals surface area contributed by atoms with Crippen LogP contribution in [0.25, 0.3) is 5.69 Å². The van der Waals surface area contributed by atoms with Gasteiger partial charge in [0.05, 0.1) is 5.69 Å². The average Bonchev–Trinajstić information content (AvgIpc) is 2.77. The van der Waals surface area contributed by atoms with Gasteiger partial charge in [-0.05, 0) is 19.1 Å². The molecule has 0 amide bonds. The maximum absolute atomic E-state index is 12.5. The molecule has 1 fully saturated rings.